The van der Waals surface area contributed by atoms with Crippen molar-refractivity contribution in [3.05, 3.63) is 39.7 Å². The van der Waals surface area contributed by atoms with Crippen LogP contribution in [0.2, 0.25) is 5.02 Å². The fourth-order valence-corrected chi connectivity index (χ4v) is 2.90. The number of rotatable bonds is 6. The summed E-state index contributed by atoms with van der Waals surface area (Å²) in [5, 5.41) is 11.5. The Kier molecular flexibility index (Phi) is 5.23. The van der Waals surface area contributed by atoms with Crippen LogP contribution >= 0.6 is 11.6 Å². The zero-order valence-electron chi connectivity index (χ0n) is 13.0. The minimum Gasteiger partial charge on any atom is -0.494 e. The van der Waals surface area contributed by atoms with Gasteiger partial charge in [-0.2, -0.15) is 15.4 Å². The fraction of sp³-hybridized carbons (Fsp3) is 0.500. The molecule has 1 aromatic carbocycles. The maximum atomic E-state index is 6.45. The van der Waals surface area contributed by atoms with Gasteiger partial charge in [-0.3, -0.25) is 0 Å². The van der Waals surface area contributed by atoms with Gasteiger partial charge in [0, 0.05) is 17.0 Å². The predicted octanol–water partition coefficient (Wildman–Crippen LogP) is 4.21. The van der Waals surface area contributed by atoms with Gasteiger partial charge in [0.1, 0.15) is 5.75 Å². The maximum absolute atomic E-state index is 6.45. The second kappa shape index (κ2) is 6.94. The average molecular weight is 308 g/mol. The summed E-state index contributed by atoms with van der Waals surface area (Å²) in [6.07, 6.45) is 3.59. The molecule has 5 heteroatoms. The highest BCUT2D eigenvalue weighted by molar-refractivity contribution is 6.32. The Labute approximate surface area is 130 Å². The van der Waals surface area contributed by atoms with E-state index in [4.69, 9.17) is 16.3 Å². The van der Waals surface area contributed by atoms with Gasteiger partial charge < -0.3 is 4.74 Å². The molecule has 1 heterocycles. The van der Waals surface area contributed by atoms with Crippen LogP contribution in [0.25, 0.3) is 0 Å². The van der Waals surface area contributed by atoms with Crippen LogP contribution < -0.4 is 4.74 Å². The Hall–Kier alpha value is -1.55. The van der Waals surface area contributed by atoms with E-state index in [2.05, 4.69) is 29.3 Å². The molecule has 1 N–H and O–H groups in total. The van der Waals surface area contributed by atoms with Gasteiger partial charge >= 0.3 is 0 Å². The first kappa shape index (κ1) is 15.8. The van der Waals surface area contributed by atoms with E-state index in [0.717, 1.165) is 40.4 Å². The third-order valence-corrected chi connectivity index (χ3v) is 4.40. The molecule has 0 aliphatic carbocycles. The normalized spacial score (nSPS) is 12.4. The third-order valence-electron chi connectivity index (χ3n) is 3.81. The molecule has 0 aliphatic rings. The molecular formula is C16H22ClN3O. The van der Waals surface area contributed by atoms with Crippen molar-refractivity contribution < 1.29 is 4.74 Å². The molecule has 21 heavy (non-hydrogen) atoms. The van der Waals surface area contributed by atoms with Crippen LogP contribution in [0.4, 0.5) is 0 Å². The Bertz CT molecular complexity index is 596. The number of benzene rings is 1. The average Bonchev–Trinajstić information content (AvgIpc) is 2.97. The Morgan fingerprint density at radius 3 is 2.67 bits per heavy atom. The van der Waals surface area contributed by atoms with E-state index < -0.39 is 0 Å². The molecule has 0 radical (unpaired) electrons. The molecule has 0 saturated carbocycles. The number of aromatic amines is 1. The van der Waals surface area contributed by atoms with E-state index in [1.807, 2.05) is 19.9 Å². The van der Waals surface area contributed by atoms with Crippen LogP contribution in [0.5, 0.6) is 5.75 Å². The van der Waals surface area contributed by atoms with Crippen LogP contribution in [-0.4, -0.2) is 22.0 Å². The maximum Gasteiger partial charge on any atom is 0.123 e. The van der Waals surface area contributed by atoms with Crippen LogP contribution in [0.1, 0.15) is 48.6 Å². The van der Waals surface area contributed by atoms with Gasteiger partial charge in [0.05, 0.1) is 18.5 Å². The highest BCUT2D eigenvalue weighted by Crippen LogP contribution is 2.39. The summed E-state index contributed by atoms with van der Waals surface area (Å²) in [5.41, 5.74) is 4.31. The molecule has 1 unspecified atom stereocenters. The lowest BCUT2D eigenvalue weighted by molar-refractivity contribution is 0.332. The van der Waals surface area contributed by atoms with E-state index in [1.165, 1.54) is 5.56 Å². The smallest absolute Gasteiger partial charge is 0.123 e. The molecule has 0 spiro atoms. The highest BCUT2D eigenvalue weighted by Gasteiger charge is 2.21. The number of nitrogens with zero attached hydrogens (tertiary/aromatic N) is 2. The molecule has 0 amide bonds. The lowest BCUT2D eigenvalue weighted by atomic mass is 9.87. The minimum atomic E-state index is 0.315. The molecule has 2 aromatic rings. The number of aromatic nitrogens is 3. The van der Waals surface area contributed by atoms with E-state index in [-0.39, 0.29) is 0 Å². The number of aryl methyl sites for hydroxylation is 1. The molecule has 0 aliphatic heterocycles. The fourth-order valence-electron chi connectivity index (χ4n) is 2.75. The van der Waals surface area contributed by atoms with Gasteiger partial charge in [-0.1, -0.05) is 18.5 Å². The first-order valence-corrected chi connectivity index (χ1v) is 7.73. The summed E-state index contributed by atoms with van der Waals surface area (Å²) < 4.78 is 5.85. The number of halogens is 1. The summed E-state index contributed by atoms with van der Waals surface area (Å²) in [4.78, 5) is 0. The van der Waals surface area contributed by atoms with Crippen molar-refractivity contribution in [1.29, 1.82) is 0 Å². The van der Waals surface area contributed by atoms with E-state index >= 15 is 0 Å². The number of nitrogens with one attached hydrogen (secondary N) is 1. The van der Waals surface area contributed by atoms with Crippen molar-refractivity contribution in [2.45, 2.75) is 46.5 Å². The van der Waals surface area contributed by atoms with Crippen molar-refractivity contribution >= 4 is 11.6 Å². The molecule has 4 nitrogen and oxygen atoms in total. The number of ether oxygens (including phenoxy) is 1. The van der Waals surface area contributed by atoms with Gasteiger partial charge in [-0.15, -0.1) is 0 Å². The van der Waals surface area contributed by atoms with E-state index in [0.29, 0.717) is 12.5 Å². The summed E-state index contributed by atoms with van der Waals surface area (Å²) >= 11 is 6.45. The Morgan fingerprint density at radius 2 is 2.10 bits per heavy atom. The monoisotopic (exact) mass is 307 g/mol. The van der Waals surface area contributed by atoms with Gasteiger partial charge in [0.15, 0.2) is 0 Å². The third kappa shape index (κ3) is 3.38. The van der Waals surface area contributed by atoms with E-state index in [9.17, 15) is 0 Å². The lowest BCUT2D eigenvalue weighted by Crippen LogP contribution is -2.09. The van der Waals surface area contributed by atoms with Gasteiger partial charge in [0.25, 0.3) is 0 Å². The summed E-state index contributed by atoms with van der Waals surface area (Å²) in [5.74, 6) is 1.25. The number of hydrogen-bond donors (Lipinski definition) is 1. The molecule has 0 bridgehead atoms. The zero-order valence-corrected chi connectivity index (χ0v) is 13.8. The van der Waals surface area contributed by atoms with Crippen LogP contribution in [0.15, 0.2) is 12.3 Å². The first-order valence-electron chi connectivity index (χ1n) is 7.35. The standard InChI is InChI=1S/C16H22ClN3O/c1-5-12(8-13-9-18-20-19-13)15-11(4)16(17)10(3)7-14(15)21-6-2/h7,9,12H,5-6,8H2,1-4H3,(H,18,19,20). The summed E-state index contributed by atoms with van der Waals surface area (Å²) in [6, 6.07) is 2.04. The van der Waals surface area contributed by atoms with Crippen molar-refractivity contribution in [3.8, 4) is 5.75 Å². The minimum absolute atomic E-state index is 0.315. The largest absolute Gasteiger partial charge is 0.494 e. The molecule has 1 atom stereocenters. The van der Waals surface area contributed by atoms with Crippen molar-refractivity contribution in [2.24, 2.45) is 0 Å². The number of hydrogen-bond acceptors (Lipinski definition) is 3. The molecule has 2 rings (SSSR count). The van der Waals surface area contributed by atoms with Gasteiger partial charge in [0.2, 0.25) is 0 Å². The van der Waals surface area contributed by atoms with Crippen LogP contribution in [-0.2, 0) is 6.42 Å². The predicted molar refractivity (Wildman–Crippen MR) is 85.2 cm³/mol. The van der Waals surface area contributed by atoms with Crippen molar-refractivity contribution in [2.75, 3.05) is 6.61 Å². The SMILES string of the molecule is CCOc1cc(C)c(Cl)c(C)c1C(CC)Cc1cn[nH]n1. The van der Waals surface area contributed by atoms with Crippen LogP contribution in [0, 0.1) is 13.8 Å². The molecular weight excluding hydrogens is 286 g/mol. The van der Waals surface area contributed by atoms with Crippen molar-refractivity contribution in [3.63, 3.8) is 0 Å². The lowest BCUT2D eigenvalue weighted by Gasteiger charge is -2.22. The second-order valence-corrected chi connectivity index (χ2v) is 5.63. The Morgan fingerprint density at radius 1 is 1.33 bits per heavy atom. The highest BCUT2D eigenvalue weighted by atomic mass is 35.5. The number of H-pyrrole nitrogens is 1. The quantitative estimate of drug-likeness (QED) is 0.869. The molecule has 1 aromatic heterocycles. The first-order chi connectivity index (χ1) is 10.1. The summed E-state index contributed by atoms with van der Waals surface area (Å²) in [7, 11) is 0. The van der Waals surface area contributed by atoms with Crippen molar-refractivity contribution in [1.82, 2.24) is 15.4 Å². The second-order valence-electron chi connectivity index (χ2n) is 5.25. The Balaban J connectivity index is 2.45. The summed E-state index contributed by atoms with van der Waals surface area (Å²) in [6.45, 7) is 8.90. The van der Waals surface area contributed by atoms with Crippen LogP contribution in [0.3, 0.4) is 0 Å². The molecule has 0 fully saturated rings. The molecule has 0 saturated heterocycles. The van der Waals surface area contributed by atoms with E-state index in [1.54, 1.807) is 6.20 Å². The van der Waals surface area contributed by atoms with Gasteiger partial charge in [-0.05, 0) is 50.3 Å². The van der Waals surface area contributed by atoms with Gasteiger partial charge in [-0.25, -0.2) is 0 Å². The molecule has 114 valence electrons. The zero-order chi connectivity index (χ0) is 15.4. The topological polar surface area (TPSA) is 50.8 Å².